The fraction of sp³-hybridized carbons (Fsp3) is 0.111. The molecule has 0 saturated heterocycles. The molecule has 0 aromatic heterocycles. The highest BCUT2D eigenvalue weighted by Gasteiger charge is 2.24. The molecule has 1 atom stereocenters. The molecule has 14 heavy (non-hydrogen) atoms. The largest absolute Gasteiger partial charge is 0.480 e. The SMILES string of the molecule is O=C(O)C(Cl)C(=O)c1ccc(F)cc1. The lowest BCUT2D eigenvalue weighted by Crippen LogP contribution is -2.24. The van der Waals surface area contributed by atoms with Gasteiger partial charge in [0.2, 0.25) is 0 Å². The molecule has 1 aromatic rings. The molecule has 1 N–H and O–H groups in total. The first-order valence-electron chi connectivity index (χ1n) is 3.69. The van der Waals surface area contributed by atoms with E-state index in [0.29, 0.717) is 0 Å². The first-order valence-corrected chi connectivity index (χ1v) is 4.12. The van der Waals surface area contributed by atoms with Gasteiger partial charge in [-0.25, -0.2) is 4.39 Å². The van der Waals surface area contributed by atoms with E-state index in [0.717, 1.165) is 12.1 Å². The van der Waals surface area contributed by atoms with E-state index in [-0.39, 0.29) is 5.56 Å². The van der Waals surface area contributed by atoms with Crippen LogP contribution in [-0.4, -0.2) is 22.2 Å². The maximum Gasteiger partial charge on any atom is 0.329 e. The third-order valence-electron chi connectivity index (χ3n) is 1.58. The van der Waals surface area contributed by atoms with Crippen molar-refractivity contribution in [1.29, 1.82) is 0 Å². The number of aliphatic carboxylic acids is 1. The summed E-state index contributed by atoms with van der Waals surface area (Å²) >= 11 is 5.30. The number of ketones is 1. The maximum absolute atomic E-state index is 12.4. The molecule has 3 nitrogen and oxygen atoms in total. The zero-order chi connectivity index (χ0) is 10.7. The number of hydrogen-bond acceptors (Lipinski definition) is 2. The van der Waals surface area contributed by atoms with E-state index in [2.05, 4.69) is 0 Å². The van der Waals surface area contributed by atoms with Crippen LogP contribution in [0.25, 0.3) is 0 Å². The molecule has 74 valence electrons. The number of rotatable bonds is 3. The minimum absolute atomic E-state index is 0.0776. The minimum atomic E-state index is -1.62. The molecule has 0 aliphatic rings. The van der Waals surface area contributed by atoms with Gasteiger partial charge in [-0.15, -0.1) is 11.6 Å². The predicted octanol–water partition coefficient (Wildman–Crippen LogP) is 1.70. The van der Waals surface area contributed by atoms with Gasteiger partial charge in [0, 0.05) is 5.56 Å². The molecule has 5 heteroatoms. The highest BCUT2D eigenvalue weighted by molar-refractivity contribution is 6.43. The lowest BCUT2D eigenvalue weighted by Gasteiger charge is -2.02. The van der Waals surface area contributed by atoms with Gasteiger partial charge in [-0.3, -0.25) is 9.59 Å². The maximum atomic E-state index is 12.4. The van der Waals surface area contributed by atoms with E-state index in [4.69, 9.17) is 16.7 Å². The van der Waals surface area contributed by atoms with Gasteiger partial charge in [0.15, 0.2) is 11.2 Å². The molecule has 1 rings (SSSR count). The number of carbonyl (C=O) groups is 2. The van der Waals surface area contributed by atoms with Gasteiger partial charge >= 0.3 is 5.97 Å². The Morgan fingerprint density at radius 2 is 1.79 bits per heavy atom. The summed E-state index contributed by atoms with van der Waals surface area (Å²) in [5, 5.41) is 6.82. The normalized spacial score (nSPS) is 12.1. The first kappa shape index (κ1) is 10.7. The van der Waals surface area contributed by atoms with E-state index in [1.54, 1.807) is 0 Å². The van der Waals surface area contributed by atoms with Crippen LogP contribution in [0.1, 0.15) is 10.4 Å². The van der Waals surface area contributed by atoms with Crippen LogP contribution < -0.4 is 0 Å². The van der Waals surface area contributed by atoms with Crippen molar-refractivity contribution in [3.63, 3.8) is 0 Å². The molecule has 0 saturated carbocycles. The Bertz CT molecular complexity index is 361. The number of carboxylic acids is 1. The topological polar surface area (TPSA) is 54.4 Å². The number of Topliss-reactive ketones (excluding diaryl/α,β-unsaturated/α-hetero) is 1. The van der Waals surface area contributed by atoms with Gasteiger partial charge in [-0.05, 0) is 24.3 Å². The Kier molecular flexibility index (Phi) is 3.19. The summed E-state index contributed by atoms with van der Waals surface area (Å²) in [6.07, 6.45) is 0. The molecule has 0 amide bonds. The van der Waals surface area contributed by atoms with Crippen molar-refractivity contribution >= 4 is 23.4 Å². The summed E-state index contributed by atoms with van der Waals surface area (Å²) in [6.45, 7) is 0. The van der Waals surface area contributed by atoms with Gasteiger partial charge in [0.05, 0.1) is 0 Å². The van der Waals surface area contributed by atoms with Crippen LogP contribution in [-0.2, 0) is 4.79 Å². The van der Waals surface area contributed by atoms with Crippen LogP contribution in [0, 0.1) is 5.82 Å². The molecule has 1 aromatic carbocycles. The summed E-state index contributed by atoms with van der Waals surface area (Å²) < 4.78 is 12.4. The molecule has 0 heterocycles. The second-order valence-electron chi connectivity index (χ2n) is 2.57. The van der Waals surface area contributed by atoms with Gasteiger partial charge in [0.1, 0.15) is 5.82 Å². The zero-order valence-corrected chi connectivity index (χ0v) is 7.66. The second-order valence-corrected chi connectivity index (χ2v) is 3.01. The first-order chi connectivity index (χ1) is 6.52. The lowest BCUT2D eigenvalue weighted by atomic mass is 10.1. The van der Waals surface area contributed by atoms with Gasteiger partial charge in [-0.2, -0.15) is 0 Å². The number of hydrogen-bond donors (Lipinski definition) is 1. The molecule has 0 aliphatic heterocycles. The van der Waals surface area contributed by atoms with E-state index < -0.39 is 22.9 Å². The summed E-state index contributed by atoms with van der Waals surface area (Å²) in [6, 6.07) is 4.52. The van der Waals surface area contributed by atoms with Gasteiger partial charge < -0.3 is 5.11 Å². The quantitative estimate of drug-likeness (QED) is 0.475. The van der Waals surface area contributed by atoms with Crippen molar-refractivity contribution in [3.8, 4) is 0 Å². The Balaban J connectivity index is 2.90. The molecular weight excluding hydrogens is 211 g/mol. The van der Waals surface area contributed by atoms with Crippen molar-refractivity contribution in [3.05, 3.63) is 35.6 Å². The second kappa shape index (κ2) is 4.19. The summed E-state index contributed by atoms with van der Waals surface area (Å²) in [4.78, 5) is 21.6. The zero-order valence-electron chi connectivity index (χ0n) is 6.91. The Labute approximate surface area is 84.1 Å². The monoisotopic (exact) mass is 216 g/mol. The molecule has 0 radical (unpaired) electrons. The number of benzene rings is 1. The van der Waals surface area contributed by atoms with Crippen LogP contribution in [0.4, 0.5) is 4.39 Å². The van der Waals surface area contributed by atoms with Crippen LogP contribution in [0.5, 0.6) is 0 Å². The van der Waals surface area contributed by atoms with Crippen LogP contribution in [0.15, 0.2) is 24.3 Å². The van der Waals surface area contributed by atoms with Crippen molar-refractivity contribution in [2.24, 2.45) is 0 Å². The fourth-order valence-electron chi connectivity index (χ4n) is 0.873. The van der Waals surface area contributed by atoms with Crippen LogP contribution in [0.3, 0.4) is 0 Å². The van der Waals surface area contributed by atoms with Gasteiger partial charge in [0.25, 0.3) is 0 Å². The summed E-state index contributed by atoms with van der Waals surface area (Å²) in [5.74, 6) is -2.66. The van der Waals surface area contributed by atoms with Crippen molar-refractivity contribution in [2.45, 2.75) is 5.38 Å². The van der Waals surface area contributed by atoms with Crippen molar-refractivity contribution in [1.82, 2.24) is 0 Å². The third-order valence-corrected chi connectivity index (χ3v) is 1.96. The lowest BCUT2D eigenvalue weighted by molar-refractivity contribution is -0.135. The smallest absolute Gasteiger partial charge is 0.329 e. The molecule has 0 spiro atoms. The van der Waals surface area contributed by atoms with E-state index in [1.807, 2.05) is 0 Å². The number of halogens is 2. The van der Waals surface area contributed by atoms with Gasteiger partial charge in [-0.1, -0.05) is 0 Å². The van der Waals surface area contributed by atoms with E-state index in [1.165, 1.54) is 12.1 Å². The molecule has 0 aliphatic carbocycles. The summed E-state index contributed by atoms with van der Waals surface area (Å²) in [7, 11) is 0. The fourth-order valence-corrected chi connectivity index (χ4v) is 0.999. The molecule has 0 fully saturated rings. The minimum Gasteiger partial charge on any atom is -0.480 e. The number of carboxylic acid groups (broad SMARTS) is 1. The standard InChI is InChI=1S/C9H6ClFO3/c10-7(9(13)14)8(12)5-1-3-6(11)4-2-5/h1-4,7H,(H,13,14). The average Bonchev–Trinajstić information content (AvgIpc) is 2.16. The highest BCUT2D eigenvalue weighted by Crippen LogP contribution is 2.09. The highest BCUT2D eigenvalue weighted by atomic mass is 35.5. The van der Waals surface area contributed by atoms with Crippen molar-refractivity contribution in [2.75, 3.05) is 0 Å². The third kappa shape index (κ3) is 2.29. The van der Waals surface area contributed by atoms with Crippen LogP contribution in [0.2, 0.25) is 0 Å². The number of carbonyl (C=O) groups excluding carboxylic acids is 1. The van der Waals surface area contributed by atoms with Crippen LogP contribution >= 0.6 is 11.6 Å². The average molecular weight is 217 g/mol. The Morgan fingerprint density at radius 3 is 2.21 bits per heavy atom. The molecule has 0 bridgehead atoms. The van der Waals surface area contributed by atoms with Crippen molar-refractivity contribution < 1.29 is 19.1 Å². The molecule has 1 unspecified atom stereocenters. The Morgan fingerprint density at radius 1 is 1.29 bits per heavy atom. The summed E-state index contributed by atoms with van der Waals surface area (Å²) in [5.41, 5.74) is 0.0776. The Hall–Kier alpha value is -1.42. The number of alkyl halides is 1. The predicted molar refractivity (Wildman–Crippen MR) is 48.0 cm³/mol. The van der Waals surface area contributed by atoms with E-state index >= 15 is 0 Å². The van der Waals surface area contributed by atoms with E-state index in [9.17, 15) is 14.0 Å². The molecular formula is C9H6ClFO3.